The lowest BCUT2D eigenvalue weighted by molar-refractivity contribution is -0.139. The Morgan fingerprint density at radius 1 is 1.15 bits per heavy atom. The van der Waals surface area contributed by atoms with Crippen LogP contribution in [0.2, 0.25) is 0 Å². The number of para-hydroxylation sites is 1. The fourth-order valence-corrected chi connectivity index (χ4v) is 3.00. The number of H-pyrrole nitrogens is 1. The van der Waals surface area contributed by atoms with E-state index in [-0.39, 0.29) is 13.2 Å². The zero-order valence-corrected chi connectivity index (χ0v) is 13.7. The van der Waals surface area contributed by atoms with Crippen LogP contribution in [0.4, 0.5) is 0 Å². The number of carboxylic acids is 1. The topological polar surface area (TPSA) is 101 Å². The van der Waals surface area contributed by atoms with Gasteiger partial charge >= 0.3 is 5.97 Å². The number of aromatic amines is 1. The fourth-order valence-electron chi connectivity index (χ4n) is 3.00. The van der Waals surface area contributed by atoms with E-state index in [1.807, 2.05) is 24.3 Å². The van der Waals surface area contributed by atoms with Crippen LogP contribution in [0.15, 0.2) is 48.7 Å². The molecule has 1 amide bonds. The Morgan fingerprint density at radius 2 is 1.96 bits per heavy atom. The molecule has 26 heavy (non-hydrogen) atoms. The van der Waals surface area contributed by atoms with Gasteiger partial charge in [-0.15, -0.1) is 0 Å². The first-order valence-corrected chi connectivity index (χ1v) is 8.10. The van der Waals surface area contributed by atoms with Crippen LogP contribution in [-0.2, 0) is 11.2 Å². The van der Waals surface area contributed by atoms with Gasteiger partial charge in [-0.1, -0.05) is 18.2 Å². The molecular weight excluding hydrogens is 336 g/mol. The van der Waals surface area contributed by atoms with Crippen molar-refractivity contribution in [3.8, 4) is 11.5 Å². The lowest BCUT2D eigenvalue weighted by Gasteiger charge is -2.14. The van der Waals surface area contributed by atoms with Gasteiger partial charge in [-0.25, -0.2) is 4.79 Å². The van der Waals surface area contributed by atoms with Gasteiger partial charge in [0.2, 0.25) is 6.79 Å². The normalized spacial score (nSPS) is 13.5. The average Bonchev–Trinajstić information content (AvgIpc) is 3.27. The monoisotopic (exact) mass is 352 g/mol. The number of carbonyl (C=O) groups excluding carboxylic acids is 1. The number of rotatable bonds is 5. The highest BCUT2D eigenvalue weighted by molar-refractivity contribution is 5.97. The first kappa shape index (κ1) is 16.0. The summed E-state index contributed by atoms with van der Waals surface area (Å²) in [5.41, 5.74) is 2.08. The molecule has 0 fully saturated rings. The van der Waals surface area contributed by atoms with Crippen molar-refractivity contribution >= 4 is 22.8 Å². The van der Waals surface area contributed by atoms with E-state index < -0.39 is 17.9 Å². The molecule has 7 nitrogen and oxygen atoms in total. The lowest BCUT2D eigenvalue weighted by atomic mass is 10.0. The molecule has 2 aromatic carbocycles. The van der Waals surface area contributed by atoms with Crippen LogP contribution in [0.5, 0.6) is 11.5 Å². The summed E-state index contributed by atoms with van der Waals surface area (Å²) >= 11 is 0. The number of aliphatic carboxylic acids is 1. The maximum absolute atomic E-state index is 12.5. The largest absolute Gasteiger partial charge is 0.480 e. The number of carbonyl (C=O) groups is 2. The molecule has 2 heterocycles. The molecule has 1 aliphatic rings. The Balaban J connectivity index is 1.53. The van der Waals surface area contributed by atoms with Gasteiger partial charge in [0, 0.05) is 29.1 Å². The first-order valence-electron chi connectivity index (χ1n) is 8.10. The van der Waals surface area contributed by atoms with Crippen LogP contribution in [-0.4, -0.2) is 34.8 Å². The number of carboxylic acid groups (broad SMARTS) is 1. The van der Waals surface area contributed by atoms with E-state index in [4.69, 9.17) is 9.47 Å². The highest BCUT2D eigenvalue weighted by Gasteiger charge is 2.24. The van der Waals surface area contributed by atoms with Crippen molar-refractivity contribution in [2.45, 2.75) is 12.5 Å². The van der Waals surface area contributed by atoms with Crippen molar-refractivity contribution in [1.29, 1.82) is 0 Å². The number of hydrogen-bond acceptors (Lipinski definition) is 4. The molecule has 3 aromatic rings. The number of amides is 1. The van der Waals surface area contributed by atoms with Crippen LogP contribution < -0.4 is 14.8 Å². The molecule has 1 aromatic heterocycles. The van der Waals surface area contributed by atoms with Crippen LogP contribution in [0.1, 0.15) is 15.9 Å². The number of aromatic nitrogens is 1. The Bertz CT molecular complexity index is 995. The molecule has 0 saturated heterocycles. The molecular formula is C19H16N2O5. The molecule has 0 radical (unpaired) electrons. The maximum Gasteiger partial charge on any atom is 0.326 e. The van der Waals surface area contributed by atoms with Crippen molar-refractivity contribution in [2.24, 2.45) is 0 Å². The minimum absolute atomic E-state index is 0.110. The van der Waals surface area contributed by atoms with Crippen LogP contribution in [0, 0.1) is 0 Å². The number of ether oxygens (including phenoxy) is 2. The van der Waals surface area contributed by atoms with E-state index in [0.29, 0.717) is 17.1 Å². The quantitative estimate of drug-likeness (QED) is 0.654. The molecule has 0 aliphatic carbocycles. The van der Waals surface area contributed by atoms with Gasteiger partial charge in [0.15, 0.2) is 11.5 Å². The van der Waals surface area contributed by atoms with E-state index in [2.05, 4.69) is 10.3 Å². The standard InChI is InChI=1S/C19H16N2O5/c22-18(11-5-6-16-17(8-11)26-10-25-16)21-15(19(23)24)7-12-9-20-14-4-2-1-3-13(12)14/h1-6,8-9,15,20H,7,10H2,(H,21,22)(H,23,24)/t15-/m0/s1. The summed E-state index contributed by atoms with van der Waals surface area (Å²) in [6, 6.07) is 11.3. The van der Waals surface area contributed by atoms with Crippen LogP contribution in [0.25, 0.3) is 10.9 Å². The summed E-state index contributed by atoms with van der Waals surface area (Å²) in [7, 11) is 0. The lowest BCUT2D eigenvalue weighted by Crippen LogP contribution is -2.42. The Hall–Kier alpha value is -3.48. The second-order valence-corrected chi connectivity index (χ2v) is 6.00. The highest BCUT2D eigenvalue weighted by atomic mass is 16.7. The Kier molecular flexibility index (Phi) is 3.96. The van der Waals surface area contributed by atoms with E-state index in [0.717, 1.165) is 16.5 Å². The maximum atomic E-state index is 12.5. The third-order valence-corrected chi connectivity index (χ3v) is 4.34. The molecule has 0 unspecified atom stereocenters. The SMILES string of the molecule is O=C(N[C@@H](Cc1c[nH]c2ccccc12)C(=O)O)c1ccc2c(c1)OCO2. The molecule has 3 N–H and O–H groups in total. The van der Waals surface area contributed by atoms with E-state index in [1.165, 1.54) is 0 Å². The third-order valence-electron chi connectivity index (χ3n) is 4.34. The van der Waals surface area contributed by atoms with Crippen molar-refractivity contribution in [3.63, 3.8) is 0 Å². The third kappa shape index (κ3) is 2.95. The molecule has 0 bridgehead atoms. The van der Waals surface area contributed by atoms with Crippen molar-refractivity contribution in [2.75, 3.05) is 6.79 Å². The predicted molar refractivity (Wildman–Crippen MR) is 93.5 cm³/mol. The molecule has 7 heteroatoms. The van der Waals surface area contributed by atoms with Gasteiger partial charge in [-0.05, 0) is 29.8 Å². The second-order valence-electron chi connectivity index (χ2n) is 6.00. The first-order chi connectivity index (χ1) is 12.6. The fraction of sp³-hybridized carbons (Fsp3) is 0.158. The van der Waals surface area contributed by atoms with Gasteiger partial charge in [0.1, 0.15) is 6.04 Å². The summed E-state index contributed by atoms with van der Waals surface area (Å²) in [6.07, 6.45) is 1.95. The summed E-state index contributed by atoms with van der Waals surface area (Å²) in [5.74, 6) is -0.531. The molecule has 0 saturated carbocycles. The van der Waals surface area contributed by atoms with Gasteiger partial charge in [-0.3, -0.25) is 4.79 Å². The minimum atomic E-state index is -1.09. The summed E-state index contributed by atoms with van der Waals surface area (Å²) < 4.78 is 10.5. The number of fused-ring (bicyclic) bond motifs is 2. The minimum Gasteiger partial charge on any atom is -0.480 e. The van der Waals surface area contributed by atoms with Gasteiger partial charge in [0.25, 0.3) is 5.91 Å². The van der Waals surface area contributed by atoms with Gasteiger partial charge in [0.05, 0.1) is 0 Å². The van der Waals surface area contributed by atoms with Crippen LogP contribution in [0.3, 0.4) is 0 Å². The average molecular weight is 352 g/mol. The molecule has 0 spiro atoms. The van der Waals surface area contributed by atoms with Gasteiger partial charge < -0.3 is 24.9 Å². The summed E-state index contributed by atoms with van der Waals surface area (Å²) in [4.78, 5) is 27.2. The smallest absolute Gasteiger partial charge is 0.326 e. The van der Waals surface area contributed by atoms with Gasteiger partial charge in [-0.2, -0.15) is 0 Å². The number of hydrogen-bond donors (Lipinski definition) is 3. The second kappa shape index (κ2) is 6.44. The highest BCUT2D eigenvalue weighted by Crippen LogP contribution is 2.32. The van der Waals surface area contributed by atoms with Crippen LogP contribution >= 0.6 is 0 Å². The van der Waals surface area contributed by atoms with E-state index in [9.17, 15) is 14.7 Å². The van der Waals surface area contributed by atoms with Crippen molar-refractivity contribution < 1.29 is 24.2 Å². The van der Waals surface area contributed by atoms with Crippen molar-refractivity contribution in [1.82, 2.24) is 10.3 Å². The van der Waals surface area contributed by atoms with Crippen molar-refractivity contribution in [3.05, 3.63) is 59.8 Å². The molecule has 1 atom stereocenters. The van der Waals surface area contributed by atoms with E-state index >= 15 is 0 Å². The zero-order valence-electron chi connectivity index (χ0n) is 13.7. The predicted octanol–water partition coefficient (Wildman–Crippen LogP) is 2.32. The summed E-state index contributed by atoms with van der Waals surface area (Å²) in [6.45, 7) is 0.110. The Labute approximate surface area is 148 Å². The van der Waals surface area contributed by atoms with E-state index in [1.54, 1.807) is 24.4 Å². The summed E-state index contributed by atoms with van der Waals surface area (Å²) in [5, 5.41) is 13.0. The molecule has 1 aliphatic heterocycles. The number of nitrogens with one attached hydrogen (secondary N) is 2. The Morgan fingerprint density at radius 3 is 2.81 bits per heavy atom. The molecule has 132 valence electrons. The zero-order chi connectivity index (χ0) is 18.1. The number of benzene rings is 2. The molecule has 4 rings (SSSR count).